The van der Waals surface area contributed by atoms with E-state index in [1.54, 1.807) is 0 Å². The van der Waals surface area contributed by atoms with E-state index in [1.807, 2.05) is 0 Å². The topological polar surface area (TPSA) is 12.0 Å². The summed E-state index contributed by atoms with van der Waals surface area (Å²) in [6.07, 6.45) is 2.18. The highest BCUT2D eigenvalue weighted by Crippen LogP contribution is 2.32. The number of rotatable bonds is 7. The van der Waals surface area contributed by atoms with Crippen molar-refractivity contribution in [3.05, 3.63) is 70.2 Å². The van der Waals surface area contributed by atoms with E-state index in [1.165, 1.54) is 11.1 Å². The maximum absolute atomic E-state index is 3.58. The second-order valence-electron chi connectivity index (χ2n) is 5.59. The molecule has 2 rings (SSSR count). The van der Waals surface area contributed by atoms with Crippen LogP contribution in [0.1, 0.15) is 31.4 Å². The molecule has 0 amide bonds. The highest BCUT2D eigenvalue weighted by Gasteiger charge is 2.30. The molecule has 0 aliphatic rings. The van der Waals surface area contributed by atoms with Crippen LogP contribution in [0.25, 0.3) is 0 Å². The lowest BCUT2D eigenvalue weighted by Crippen LogP contribution is -2.39. The van der Waals surface area contributed by atoms with Gasteiger partial charge in [0.1, 0.15) is 0 Å². The molecule has 1 nitrogen and oxygen atoms in total. The Morgan fingerprint density at radius 2 is 1.76 bits per heavy atom. The molecule has 0 saturated carbocycles. The average Bonchev–Trinajstić information content (AvgIpc) is 2.52. The Kier molecular flexibility index (Phi) is 6.01. The largest absolute Gasteiger partial charge is 0.316 e. The van der Waals surface area contributed by atoms with E-state index < -0.39 is 0 Å². The number of halogens is 1. The predicted molar refractivity (Wildman–Crippen MR) is 94.8 cm³/mol. The van der Waals surface area contributed by atoms with Gasteiger partial charge in [-0.15, -0.1) is 0 Å². The molecule has 0 aliphatic carbocycles. The van der Waals surface area contributed by atoms with Crippen LogP contribution in [0.15, 0.2) is 59.1 Å². The number of likely N-dealkylation sites (N-methyl/N-ethyl adjacent to an activating group) is 1. The highest BCUT2D eigenvalue weighted by molar-refractivity contribution is 9.10. The van der Waals surface area contributed by atoms with Crippen molar-refractivity contribution < 1.29 is 0 Å². The fourth-order valence-corrected chi connectivity index (χ4v) is 3.36. The molecule has 1 unspecified atom stereocenters. The molecule has 0 spiro atoms. The van der Waals surface area contributed by atoms with E-state index in [4.69, 9.17) is 0 Å². The van der Waals surface area contributed by atoms with Gasteiger partial charge in [-0.2, -0.15) is 0 Å². The first kappa shape index (κ1) is 16.3. The molecule has 2 heteroatoms. The number of nitrogens with one attached hydrogen (secondary N) is 1. The summed E-state index contributed by atoms with van der Waals surface area (Å²) in [7, 11) is 0. The lowest BCUT2D eigenvalue weighted by atomic mass is 9.73. The zero-order chi connectivity index (χ0) is 15.1. The Morgan fingerprint density at radius 1 is 1.00 bits per heavy atom. The fraction of sp³-hybridized carbons (Fsp3) is 0.368. The molecule has 2 aromatic carbocycles. The lowest BCUT2D eigenvalue weighted by Gasteiger charge is -2.34. The molecule has 112 valence electrons. The van der Waals surface area contributed by atoms with Crippen LogP contribution in [-0.2, 0) is 11.8 Å². The minimum atomic E-state index is 0.151. The molecule has 21 heavy (non-hydrogen) atoms. The normalized spacial score (nSPS) is 13.9. The predicted octanol–water partition coefficient (Wildman–Crippen LogP) is 4.95. The molecule has 0 aliphatic heterocycles. The maximum Gasteiger partial charge on any atom is 0.0178 e. The summed E-state index contributed by atoms with van der Waals surface area (Å²) in [6, 6.07) is 19.6. The Bertz CT molecular complexity index is 553. The van der Waals surface area contributed by atoms with E-state index in [9.17, 15) is 0 Å². The van der Waals surface area contributed by atoms with Crippen molar-refractivity contribution in [3.63, 3.8) is 0 Å². The molecule has 1 atom stereocenters. The second kappa shape index (κ2) is 7.77. The first-order chi connectivity index (χ1) is 10.2. The smallest absolute Gasteiger partial charge is 0.0178 e. The summed E-state index contributed by atoms with van der Waals surface area (Å²) in [5.74, 6) is 0. The summed E-state index contributed by atoms with van der Waals surface area (Å²) >= 11 is 3.58. The van der Waals surface area contributed by atoms with Crippen LogP contribution >= 0.6 is 15.9 Å². The quantitative estimate of drug-likeness (QED) is 0.748. The maximum atomic E-state index is 3.58. The molecule has 0 aromatic heterocycles. The Morgan fingerprint density at radius 3 is 2.38 bits per heavy atom. The average molecular weight is 346 g/mol. The molecular weight excluding hydrogens is 322 g/mol. The van der Waals surface area contributed by atoms with Gasteiger partial charge in [0.2, 0.25) is 0 Å². The van der Waals surface area contributed by atoms with Crippen molar-refractivity contribution in [2.24, 2.45) is 0 Å². The van der Waals surface area contributed by atoms with Crippen LogP contribution in [0.4, 0.5) is 0 Å². The molecular formula is C19H24BrN. The van der Waals surface area contributed by atoms with Crippen molar-refractivity contribution >= 4 is 15.9 Å². The third kappa shape index (κ3) is 4.18. The van der Waals surface area contributed by atoms with Gasteiger partial charge in [-0.25, -0.2) is 0 Å². The van der Waals surface area contributed by atoms with Crippen molar-refractivity contribution in [1.82, 2.24) is 5.32 Å². The SMILES string of the molecule is CCNCC(CC)(Cc1cccc(Br)c1)c1ccccc1. The molecule has 0 bridgehead atoms. The number of hydrogen-bond donors (Lipinski definition) is 1. The number of hydrogen-bond acceptors (Lipinski definition) is 1. The van der Waals surface area contributed by atoms with Crippen LogP contribution in [-0.4, -0.2) is 13.1 Å². The molecule has 0 heterocycles. The van der Waals surface area contributed by atoms with Gasteiger partial charge in [-0.05, 0) is 42.6 Å². The van der Waals surface area contributed by atoms with Gasteiger partial charge in [0.15, 0.2) is 0 Å². The van der Waals surface area contributed by atoms with E-state index in [0.717, 1.165) is 30.4 Å². The summed E-state index contributed by atoms with van der Waals surface area (Å²) in [5.41, 5.74) is 2.96. The van der Waals surface area contributed by atoms with Gasteiger partial charge >= 0.3 is 0 Å². The molecule has 0 fully saturated rings. The Labute approximate surface area is 136 Å². The summed E-state index contributed by atoms with van der Waals surface area (Å²) in [5, 5.41) is 3.56. The van der Waals surface area contributed by atoms with Gasteiger partial charge in [0.25, 0.3) is 0 Å². The monoisotopic (exact) mass is 345 g/mol. The van der Waals surface area contributed by atoms with Crippen LogP contribution < -0.4 is 5.32 Å². The van der Waals surface area contributed by atoms with Crippen molar-refractivity contribution in [3.8, 4) is 0 Å². The van der Waals surface area contributed by atoms with Gasteiger partial charge < -0.3 is 5.32 Å². The summed E-state index contributed by atoms with van der Waals surface area (Å²) in [6.45, 7) is 6.48. The second-order valence-corrected chi connectivity index (χ2v) is 6.50. The van der Waals surface area contributed by atoms with Crippen LogP contribution in [0.2, 0.25) is 0 Å². The van der Waals surface area contributed by atoms with Crippen molar-refractivity contribution in [1.29, 1.82) is 0 Å². The van der Waals surface area contributed by atoms with Crippen LogP contribution in [0.5, 0.6) is 0 Å². The van der Waals surface area contributed by atoms with Crippen LogP contribution in [0, 0.1) is 0 Å². The van der Waals surface area contributed by atoms with Gasteiger partial charge in [0.05, 0.1) is 0 Å². The first-order valence-corrected chi connectivity index (χ1v) is 8.50. The zero-order valence-electron chi connectivity index (χ0n) is 12.9. The fourth-order valence-electron chi connectivity index (χ4n) is 2.91. The molecule has 0 saturated heterocycles. The molecule has 2 aromatic rings. The standard InChI is InChI=1S/C19H24BrN/c1-3-19(15-21-4-2,17-10-6-5-7-11-17)14-16-9-8-12-18(20)13-16/h5-13,21H,3-4,14-15H2,1-2H3. The molecule has 1 N–H and O–H groups in total. The highest BCUT2D eigenvalue weighted by atomic mass is 79.9. The minimum Gasteiger partial charge on any atom is -0.316 e. The lowest BCUT2D eigenvalue weighted by molar-refractivity contribution is 0.382. The minimum absolute atomic E-state index is 0.151. The first-order valence-electron chi connectivity index (χ1n) is 7.71. The van der Waals surface area contributed by atoms with Crippen molar-refractivity contribution in [2.75, 3.05) is 13.1 Å². The van der Waals surface area contributed by atoms with Gasteiger partial charge in [-0.3, -0.25) is 0 Å². The van der Waals surface area contributed by atoms with Gasteiger partial charge in [0, 0.05) is 16.4 Å². The number of benzene rings is 2. The van der Waals surface area contributed by atoms with E-state index >= 15 is 0 Å². The van der Waals surface area contributed by atoms with E-state index in [0.29, 0.717) is 0 Å². The van der Waals surface area contributed by atoms with Crippen molar-refractivity contribution in [2.45, 2.75) is 32.1 Å². The molecule has 0 radical (unpaired) electrons. The van der Waals surface area contributed by atoms with E-state index in [-0.39, 0.29) is 5.41 Å². The zero-order valence-corrected chi connectivity index (χ0v) is 14.5. The third-order valence-electron chi connectivity index (χ3n) is 4.21. The summed E-state index contributed by atoms with van der Waals surface area (Å²) < 4.78 is 1.15. The van der Waals surface area contributed by atoms with Crippen LogP contribution in [0.3, 0.4) is 0 Å². The van der Waals surface area contributed by atoms with E-state index in [2.05, 4.69) is 89.7 Å². The Balaban J connectivity index is 2.35. The van der Waals surface area contributed by atoms with Gasteiger partial charge in [-0.1, -0.05) is 72.2 Å². The summed E-state index contributed by atoms with van der Waals surface area (Å²) in [4.78, 5) is 0. The third-order valence-corrected chi connectivity index (χ3v) is 4.70. The Hall–Kier alpha value is -1.12.